The molecule has 2 N–H and O–H groups in total. The smallest absolute Gasteiger partial charge is 0.338 e. The summed E-state index contributed by atoms with van der Waals surface area (Å²) in [5.41, 5.74) is 0.164. The molecule has 1 atom stereocenters. The van der Waals surface area contributed by atoms with E-state index in [4.69, 9.17) is 4.74 Å². The van der Waals surface area contributed by atoms with Crippen LogP contribution in [-0.4, -0.2) is 39.4 Å². The molecule has 0 aliphatic carbocycles. The Hall–Kier alpha value is -4.99. The molecule has 0 bridgehead atoms. The summed E-state index contributed by atoms with van der Waals surface area (Å²) >= 11 is 0. The van der Waals surface area contributed by atoms with Crippen molar-refractivity contribution in [3.05, 3.63) is 105 Å². The number of aliphatic hydroxyl groups excluding tert-OH is 1. The van der Waals surface area contributed by atoms with Crippen LogP contribution in [0.1, 0.15) is 34.5 Å². The van der Waals surface area contributed by atoms with Gasteiger partial charge in [0.05, 0.1) is 28.7 Å². The average Bonchev–Trinajstić information content (AvgIpc) is 3.14. The van der Waals surface area contributed by atoms with Crippen LogP contribution in [0.25, 0.3) is 5.76 Å². The highest BCUT2D eigenvalue weighted by atomic mass is 16.6. The van der Waals surface area contributed by atoms with Crippen molar-refractivity contribution in [2.75, 3.05) is 11.5 Å². The van der Waals surface area contributed by atoms with Gasteiger partial charge in [-0.2, -0.15) is 0 Å². The van der Waals surface area contributed by atoms with Gasteiger partial charge in [-0.25, -0.2) is 4.79 Å². The number of aliphatic hydroxyl groups is 1. The molecule has 1 amide bonds. The van der Waals surface area contributed by atoms with Crippen molar-refractivity contribution in [3.63, 3.8) is 0 Å². The van der Waals surface area contributed by atoms with E-state index in [0.717, 1.165) is 11.0 Å². The molecule has 3 aromatic carbocycles. The van der Waals surface area contributed by atoms with Gasteiger partial charge in [0.2, 0.25) is 0 Å². The maximum atomic E-state index is 13.2. The fourth-order valence-corrected chi connectivity index (χ4v) is 4.00. The summed E-state index contributed by atoms with van der Waals surface area (Å²) in [4.78, 5) is 50.1. The molecule has 10 nitrogen and oxygen atoms in total. The number of amides is 1. The second-order valence-corrected chi connectivity index (χ2v) is 7.84. The van der Waals surface area contributed by atoms with Gasteiger partial charge in [-0.05, 0) is 48.9 Å². The summed E-state index contributed by atoms with van der Waals surface area (Å²) in [6.45, 7) is 1.85. The number of non-ortho nitro benzene ring substituents is 1. The number of phenolic OH excluding ortho intramolecular Hbond substituents is 1. The number of anilines is 1. The SMILES string of the molecule is CCOC(=O)c1ccc(N2C(=O)C(=O)/C(=C(\O)c3cccc([N+](=O)[O-])c3)C2c2cccc(O)c2)cc1. The van der Waals surface area contributed by atoms with Crippen molar-refractivity contribution in [2.24, 2.45) is 0 Å². The second-order valence-electron chi connectivity index (χ2n) is 7.84. The Morgan fingerprint density at radius 3 is 2.36 bits per heavy atom. The molecule has 1 unspecified atom stereocenters. The van der Waals surface area contributed by atoms with Gasteiger partial charge in [0.15, 0.2) is 0 Å². The predicted octanol–water partition coefficient (Wildman–Crippen LogP) is 4.10. The van der Waals surface area contributed by atoms with Gasteiger partial charge in [-0.3, -0.25) is 24.6 Å². The molecule has 1 saturated heterocycles. The third kappa shape index (κ3) is 4.39. The molecular formula is C26H20N2O8. The fourth-order valence-electron chi connectivity index (χ4n) is 4.00. The first-order valence-electron chi connectivity index (χ1n) is 10.8. The first-order valence-corrected chi connectivity index (χ1v) is 10.8. The summed E-state index contributed by atoms with van der Waals surface area (Å²) in [7, 11) is 0. The van der Waals surface area contributed by atoms with Crippen molar-refractivity contribution in [1.29, 1.82) is 0 Å². The van der Waals surface area contributed by atoms with E-state index in [2.05, 4.69) is 0 Å². The molecule has 182 valence electrons. The average molecular weight is 488 g/mol. The van der Waals surface area contributed by atoms with Crippen molar-refractivity contribution >= 4 is 34.8 Å². The van der Waals surface area contributed by atoms with Crippen LogP contribution in [0.2, 0.25) is 0 Å². The van der Waals surface area contributed by atoms with Crippen molar-refractivity contribution in [1.82, 2.24) is 0 Å². The van der Waals surface area contributed by atoms with Crippen LogP contribution in [0.5, 0.6) is 5.75 Å². The minimum absolute atomic E-state index is 0.0231. The highest BCUT2D eigenvalue weighted by Gasteiger charge is 2.47. The van der Waals surface area contributed by atoms with Gasteiger partial charge >= 0.3 is 5.97 Å². The number of Topliss-reactive ketones (excluding diaryl/α,β-unsaturated/α-hetero) is 1. The molecule has 4 rings (SSSR count). The van der Waals surface area contributed by atoms with Crippen molar-refractivity contribution in [3.8, 4) is 5.75 Å². The number of rotatable bonds is 6. The number of aromatic hydroxyl groups is 1. The Kier molecular flexibility index (Phi) is 6.51. The number of nitro groups is 1. The zero-order valence-corrected chi connectivity index (χ0v) is 19.0. The zero-order valence-electron chi connectivity index (χ0n) is 19.0. The number of nitrogens with zero attached hydrogens (tertiary/aromatic N) is 2. The predicted molar refractivity (Wildman–Crippen MR) is 128 cm³/mol. The van der Waals surface area contributed by atoms with Crippen LogP contribution in [0.15, 0.2) is 78.4 Å². The minimum Gasteiger partial charge on any atom is -0.508 e. The van der Waals surface area contributed by atoms with E-state index in [1.54, 1.807) is 13.0 Å². The van der Waals surface area contributed by atoms with Crippen LogP contribution in [0.4, 0.5) is 11.4 Å². The van der Waals surface area contributed by atoms with E-state index in [-0.39, 0.29) is 40.4 Å². The van der Waals surface area contributed by atoms with E-state index in [0.29, 0.717) is 5.56 Å². The Labute approximate surface area is 204 Å². The lowest BCUT2D eigenvalue weighted by Gasteiger charge is -2.25. The summed E-state index contributed by atoms with van der Waals surface area (Å²) in [5.74, 6) is -3.26. The summed E-state index contributed by atoms with van der Waals surface area (Å²) < 4.78 is 4.97. The van der Waals surface area contributed by atoms with Crippen LogP contribution in [-0.2, 0) is 14.3 Å². The monoisotopic (exact) mass is 488 g/mol. The van der Waals surface area contributed by atoms with Crippen molar-refractivity contribution in [2.45, 2.75) is 13.0 Å². The van der Waals surface area contributed by atoms with Crippen molar-refractivity contribution < 1.29 is 34.3 Å². The molecular weight excluding hydrogens is 468 g/mol. The van der Waals surface area contributed by atoms with Gasteiger partial charge < -0.3 is 14.9 Å². The largest absolute Gasteiger partial charge is 0.508 e. The number of benzene rings is 3. The highest BCUT2D eigenvalue weighted by Crippen LogP contribution is 2.43. The third-order valence-electron chi connectivity index (χ3n) is 5.62. The molecule has 10 heteroatoms. The number of esters is 1. The molecule has 3 aromatic rings. The fraction of sp³-hybridized carbons (Fsp3) is 0.115. The lowest BCUT2D eigenvalue weighted by molar-refractivity contribution is -0.384. The first-order chi connectivity index (χ1) is 17.2. The molecule has 36 heavy (non-hydrogen) atoms. The lowest BCUT2D eigenvalue weighted by Crippen LogP contribution is -2.29. The molecule has 1 fully saturated rings. The number of ketones is 1. The lowest BCUT2D eigenvalue weighted by atomic mass is 9.95. The topological polar surface area (TPSA) is 147 Å². The van der Waals surface area contributed by atoms with Crippen LogP contribution < -0.4 is 4.90 Å². The van der Waals surface area contributed by atoms with Crippen LogP contribution in [0, 0.1) is 10.1 Å². The summed E-state index contributed by atoms with van der Waals surface area (Å²) in [5, 5.41) is 32.4. The maximum absolute atomic E-state index is 13.2. The number of phenols is 1. The number of hydrogen-bond acceptors (Lipinski definition) is 8. The maximum Gasteiger partial charge on any atom is 0.338 e. The van der Waals surface area contributed by atoms with E-state index in [9.17, 15) is 34.7 Å². The molecule has 0 radical (unpaired) electrons. The first kappa shape index (κ1) is 24.1. The van der Waals surface area contributed by atoms with E-state index in [1.165, 1.54) is 60.7 Å². The van der Waals surface area contributed by atoms with E-state index >= 15 is 0 Å². The van der Waals surface area contributed by atoms with Gasteiger partial charge in [-0.1, -0.05) is 24.3 Å². The summed E-state index contributed by atoms with van der Waals surface area (Å²) in [6.07, 6.45) is 0. The van der Waals surface area contributed by atoms with Crippen LogP contribution in [0.3, 0.4) is 0 Å². The quantitative estimate of drug-likeness (QED) is 0.132. The highest BCUT2D eigenvalue weighted by molar-refractivity contribution is 6.51. The number of nitro benzene ring substituents is 1. The molecule has 0 saturated carbocycles. The Morgan fingerprint density at radius 2 is 1.72 bits per heavy atom. The molecule has 0 spiro atoms. The Balaban J connectivity index is 1.88. The Bertz CT molecular complexity index is 1410. The number of ether oxygens (including phenoxy) is 1. The third-order valence-corrected chi connectivity index (χ3v) is 5.62. The standard InChI is InChI=1S/C26H20N2O8/c1-2-36-26(33)15-9-11-18(12-10-15)27-22(16-5-4-8-20(29)14-16)21(24(31)25(27)32)23(30)17-6-3-7-19(13-17)28(34)35/h3-14,22,29-30H,2H2,1H3/b23-21-. The van der Waals surface area contributed by atoms with Crippen LogP contribution >= 0.6 is 0 Å². The normalized spacial score (nSPS) is 16.7. The summed E-state index contributed by atoms with van der Waals surface area (Å²) in [6, 6.07) is 15.5. The minimum atomic E-state index is -1.16. The van der Waals surface area contributed by atoms with E-state index < -0.39 is 34.4 Å². The Morgan fingerprint density at radius 1 is 1.03 bits per heavy atom. The van der Waals surface area contributed by atoms with Gasteiger partial charge in [0.25, 0.3) is 17.4 Å². The molecule has 1 aliphatic heterocycles. The van der Waals surface area contributed by atoms with E-state index in [1.807, 2.05) is 0 Å². The number of carbonyl (C=O) groups excluding carboxylic acids is 3. The molecule has 0 aromatic heterocycles. The number of hydrogen-bond donors (Lipinski definition) is 2. The molecule has 1 heterocycles. The van der Waals surface area contributed by atoms with Gasteiger partial charge in [-0.15, -0.1) is 0 Å². The molecule has 1 aliphatic rings. The number of carbonyl (C=O) groups is 3. The zero-order chi connectivity index (χ0) is 26.0. The second kappa shape index (κ2) is 9.71. The van der Waals surface area contributed by atoms with Gasteiger partial charge in [0.1, 0.15) is 11.5 Å². The van der Waals surface area contributed by atoms with Gasteiger partial charge in [0, 0.05) is 23.4 Å².